The van der Waals surface area contributed by atoms with Gasteiger partial charge in [0.25, 0.3) is 11.7 Å². The molecule has 4 rings (SSSR count). The van der Waals surface area contributed by atoms with Gasteiger partial charge in [0.1, 0.15) is 17.6 Å². The molecule has 2 heterocycles. The number of rotatable bonds is 6. The average Bonchev–Trinajstić information content (AvgIpc) is 3.41. The van der Waals surface area contributed by atoms with Gasteiger partial charge in [0.2, 0.25) is 0 Å². The van der Waals surface area contributed by atoms with Gasteiger partial charge in [-0.25, -0.2) is 0 Å². The van der Waals surface area contributed by atoms with E-state index in [-0.39, 0.29) is 11.3 Å². The number of nitrogens with zero attached hydrogens (tertiary/aromatic N) is 1. The van der Waals surface area contributed by atoms with Crippen LogP contribution in [0.1, 0.15) is 41.0 Å². The van der Waals surface area contributed by atoms with Crippen molar-refractivity contribution < 1.29 is 19.4 Å². The highest BCUT2D eigenvalue weighted by Crippen LogP contribution is 2.44. The molecule has 1 aliphatic heterocycles. The molecule has 0 bridgehead atoms. The van der Waals surface area contributed by atoms with Gasteiger partial charge in [-0.1, -0.05) is 25.1 Å². The number of hydrogen-bond donors (Lipinski definition) is 1. The van der Waals surface area contributed by atoms with Gasteiger partial charge in [-0.05, 0) is 73.2 Å². The van der Waals surface area contributed by atoms with Crippen molar-refractivity contribution >= 4 is 34.5 Å². The molecule has 0 radical (unpaired) electrons. The van der Waals surface area contributed by atoms with Crippen molar-refractivity contribution in [3.8, 4) is 5.75 Å². The second-order valence-corrected chi connectivity index (χ2v) is 8.83. The van der Waals surface area contributed by atoms with Gasteiger partial charge < -0.3 is 9.84 Å². The third-order valence-corrected chi connectivity index (χ3v) is 6.41. The molecular formula is C26H25NO4S. The number of carbonyl (C=O) groups excluding carboxylic acids is 2. The third kappa shape index (κ3) is 3.94. The first-order valence-corrected chi connectivity index (χ1v) is 11.4. The lowest BCUT2D eigenvalue weighted by atomic mass is 9.99. The highest BCUT2D eigenvalue weighted by atomic mass is 32.1. The van der Waals surface area contributed by atoms with Crippen LogP contribution in [0.15, 0.2) is 65.6 Å². The van der Waals surface area contributed by atoms with Crippen molar-refractivity contribution in [1.29, 1.82) is 0 Å². The molecule has 1 atom stereocenters. The molecule has 0 spiro atoms. The predicted molar refractivity (Wildman–Crippen MR) is 127 cm³/mol. The van der Waals surface area contributed by atoms with Gasteiger partial charge in [0, 0.05) is 16.1 Å². The van der Waals surface area contributed by atoms with Gasteiger partial charge in [0.15, 0.2) is 0 Å². The van der Waals surface area contributed by atoms with E-state index in [4.69, 9.17) is 4.74 Å². The first-order chi connectivity index (χ1) is 15.4. The Bertz CT molecular complexity index is 1180. The molecule has 6 heteroatoms. The average molecular weight is 448 g/mol. The topological polar surface area (TPSA) is 66.8 Å². The summed E-state index contributed by atoms with van der Waals surface area (Å²) < 4.78 is 5.61. The van der Waals surface area contributed by atoms with Crippen molar-refractivity contribution in [2.75, 3.05) is 11.5 Å². The minimum Gasteiger partial charge on any atom is -0.507 e. The van der Waals surface area contributed by atoms with Crippen molar-refractivity contribution in [3.63, 3.8) is 0 Å². The number of carbonyl (C=O) groups is 2. The Balaban J connectivity index is 1.84. The normalized spacial score (nSPS) is 17.7. The molecule has 1 aromatic heterocycles. The second kappa shape index (κ2) is 9.01. The van der Waals surface area contributed by atoms with Crippen LogP contribution in [0, 0.1) is 13.8 Å². The number of hydrogen-bond acceptors (Lipinski definition) is 5. The van der Waals surface area contributed by atoms with Crippen LogP contribution in [0.2, 0.25) is 0 Å². The van der Waals surface area contributed by atoms with Crippen molar-refractivity contribution in [2.45, 2.75) is 33.2 Å². The number of anilines is 1. The number of benzene rings is 2. The first kappa shape index (κ1) is 21.8. The van der Waals surface area contributed by atoms with Crippen LogP contribution in [0.5, 0.6) is 5.75 Å². The van der Waals surface area contributed by atoms with E-state index in [1.807, 2.05) is 56.5 Å². The summed E-state index contributed by atoms with van der Waals surface area (Å²) in [6.07, 6.45) is 0.893. The molecule has 1 aliphatic rings. The zero-order valence-corrected chi connectivity index (χ0v) is 19.1. The standard InChI is InChI=1S/C26H25NO4S/c1-4-13-31-19-11-9-18(10-12-19)24(28)22-23(21-6-5-14-32-21)27(26(30)25(22)29)20-15-16(2)7-8-17(20)3/h5-12,14-15,23,28H,4,13H2,1-3H3/b24-22-. The van der Waals surface area contributed by atoms with E-state index >= 15 is 0 Å². The molecular weight excluding hydrogens is 422 g/mol. The summed E-state index contributed by atoms with van der Waals surface area (Å²) in [7, 11) is 0. The zero-order chi connectivity index (χ0) is 22.8. The molecule has 0 saturated carbocycles. The Kier molecular flexibility index (Phi) is 6.15. The summed E-state index contributed by atoms with van der Waals surface area (Å²) in [5, 5.41) is 13.1. The number of ketones is 1. The first-order valence-electron chi connectivity index (χ1n) is 10.6. The quantitative estimate of drug-likeness (QED) is 0.295. The van der Waals surface area contributed by atoms with Crippen molar-refractivity contribution in [2.24, 2.45) is 0 Å². The van der Waals surface area contributed by atoms with Gasteiger partial charge in [-0.15, -0.1) is 11.3 Å². The fraction of sp³-hybridized carbons (Fsp3) is 0.231. The van der Waals surface area contributed by atoms with Crippen LogP contribution in [-0.4, -0.2) is 23.4 Å². The smallest absolute Gasteiger partial charge is 0.300 e. The lowest BCUT2D eigenvalue weighted by Gasteiger charge is -2.26. The Hall–Kier alpha value is -3.38. The Morgan fingerprint density at radius 1 is 1.09 bits per heavy atom. The van der Waals surface area contributed by atoms with Gasteiger partial charge >= 0.3 is 0 Å². The number of aliphatic hydroxyl groups is 1. The van der Waals surface area contributed by atoms with Gasteiger partial charge in [-0.3, -0.25) is 14.5 Å². The second-order valence-electron chi connectivity index (χ2n) is 7.85. The third-order valence-electron chi connectivity index (χ3n) is 5.48. The summed E-state index contributed by atoms with van der Waals surface area (Å²) in [6, 6.07) is 15.8. The Morgan fingerprint density at radius 3 is 2.50 bits per heavy atom. The summed E-state index contributed by atoms with van der Waals surface area (Å²) in [4.78, 5) is 28.7. The molecule has 1 unspecified atom stereocenters. The maximum absolute atomic E-state index is 13.2. The summed E-state index contributed by atoms with van der Waals surface area (Å²) >= 11 is 1.45. The maximum atomic E-state index is 13.2. The van der Waals surface area contributed by atoms with Crippen LogP contribution >= 0.6 is 11.3 Å². The van der Waals surface area contributed by atoms with Gasteiger partial charge in [-0.2, -0.15) is 0 Å². The van der Waals surface area contributed by atoms with E-state index in [0.717, 1.165) is 22.4 Å². The predicted octanol–water partition coefficient (Wildman–Crippen LogP) is 5.78. The molecule has 164 valence electrons. The Morgan fingerprint density at radius 2 is 1.84 bits per heavy atom. The van der Waals surface area contributed by atoms with E-state index < -0.39 is 17.7 Å². The molecule has 3 aromatic rings. The van der Waals surface area contributed by atoms with E-state index in [1.165, 1.54) is 16.2 Å². The zero-order valence-electron chi connectivity index (χ0n) is 18.3. The monoisotopic (exact) mass is 447 g/mol. The van der Waals surface area contributed by atoms with Crippen LogP contribution < -0.4 is 9.64 Å². The fourth-order valence-corrected chi connectivity index (χ4v) is 4.68. The summed E-state index contributed by atoms with van der Waals surface area (Å²) in [5.41, 5.74) is 3.11. The van der Waals surface area contributed by atoms with E-state index in [2.05, 4.69) is 0 Å². The highest BCUT2D eigenvalue weighted by molar-refractivity contribution is 7.10. The molecule has 1 saturated heterocycles. The molecule has 1 N–H and O–H groups in total. The minimum absolute atomic E-state index is 0.0978. The van der Waals surface area contributed by atoms with Crippen LogP contribution in [0.3, 0.4) is 0 Å². The summed E-state index contributed by atoms with van der Waals surface area (Å²) in [5.74, 6) is -0.819. The fourth-order valence-electron chi connectivity index (χ4n) is 3.86. The van der Waals surface area contributed by atoms with Crippen LogP contribution in [0.25, 0.3) is 5.76 Å². The summed E-state index contributed by atoms with van der Waals surface area (Å²) in [6.45, 7) is 6.49. The molecule has 2 aromatic carbocycles. The largest absolute Gasteiger partial charge is 0.507 e. The van der Waals surface area contributed by atoms with Crippen LogP contribution in [0.4, 0.5) is 5.69 Å². The van der Waals surface area contributed by atoms with E-state index in [0.29, 0.717) is 23.6 Å². The highest BCUT2D eigenvalue weighted by Gasteiger charge is 2.47. The SMILES string of the molecule is CCCOc1ccc(/C(O)=C2/C(=O)C(=O)N(c3cc(C)ccc3C)C2c2cccs2)cc1. The molecule has 5 nitrogen and oxygen atoms in total. The maximum Gasteiger partial charge on any atom is 0.300 e. The van der Waals surface area contributed by atoms with Crippen LogP contribution in [-0.2, 0) is 9.59 Å². The molecule has 1 fully saturated rings. The number of ether oxygens (including phenoxy) is 1. The molecule has 32 heavy (non-hydrogen) atoms. The lowest BCUT2D eigenvalue weighted by Crippen LogP contribution is -2.29. The number of aryl methyl sites for hydroxylation is 2. The van der Waals surface area contributed by atoms with E-state index in [9.17, 15) is 14.7 Å². The number of Topliss-reactive ketones (excluding diaryl/α,β-unsaturated/α-hetero) is 1. The lowest BCUT2D eigenvalue weighted by molar-refractivity contribution is -0.132. The number of aliphatic hydroxyl groups excluding tert-OH is 1. The number of amides is 1. The molecule has 1 amide bonds. The minimum atomic E-state index is -0.688. The van der Waals surface area contributed by atoms with Crippen molar-refractivity contribution in [3.05, 3.63) is 87.1 Å². The van der Waals surface area contributed by atoms with E-state index in [1.54, 1.807) is 24.3 Å². The Labute approximate surface area is 191 Å². The van der Waals surface area contributed by atoms with Gasteiger partial charge in [0.05, 0.1) is 12.2 Å². The molecule has 0 aliphatic carbocycles. The van der Waals surface area contributed by atoms with Crippen molar-refractivity contribution in [1.82, 2.24) is 0 Å². The number of thiophene rings is 1.